The molecule has 3 atom stereocenters. The normalized spacial score (nSPS) is 26.4. The van der Waals surface area contributed by atoms with Crippen LogP contribution in [0.15, 0.2) is 0 Å². The quantitative estimate of drug-likeness (QED) is 0.666. The molecule has 0 radical (unpaired) electrons. The number of hydrogen-bond acceptors (Lipinski definition) is 3. The molecule has 1 aliphatic carbocycles. The molecule has 1 rings (SSSR count). The van der Waals surface area contributed by atoms with Gasteiger partial charge in [-0.05, 0) is 52.1 Å². The van der Waals surface area contributed by atoms with Gasteiger partial charge in [-0.1, -0.05) is 26.2 Å². The lowest BCUT2D eigenvalue weighted by molar-refractivity contribution is 0.152. The Hall–Kier alpha value is -0.120. The first kappa shape index (κ1) is 16.9. The third-order valence-corrected chi connectivity index (χ3v) is 4.29. The molecule has 2 N–H and O–H groups in total. The summed E-state index contributed by atoms with van der Waals surface area (Å²) in [6, 6.07) is 0.705. The molecule has 0 aromatic heterocycles. The molecule has 0 aromatic carbocycles. The molecule has 19 heavy (non-hydrogen) atoms. The molecule has 114 valence electrons. The first-order valence-electron chi connectivity index (χ1n) is 8.23. The monoisotopic (exact) mass is 270 g/mol. The van der Waals surface area contributed by atoms with Gasteiger partial charge in [0.25, 0.3) is 0 Å². The fourth-order valence-corrected chi connectivity index (χ4v) is 3.10. The van der Waals surface area contributed by atoms with E-state index in [2.05, 4.69) is 24.2 Å². The number of nitrogens with zero attached hydrogens (tertiary/aromatic N) is 1. The minimum Gasteiger partial charge on any atom is -0.393 e. The van der Waals surface area contributed by atoms with Gasteiger partial charge in [0.15, 0.2) is 0 Å². The van der Waals surface area contributed by atoms with Crippen molar-refractivity contribution >= 4 is 0 Å². The Morgan fingerprint density at radius 2 is 2.00 bits per heavy atom. The first-order chi connectivity index (χ1) is 9.13. The molecular weight excluding hydrogens is 236 g/mol. The number of aliphatic hydroxyl groups is 1. The molecule has 1 aliphatic rings. The second-order valence-corrected chi connectivity index (χ2v) is 6.36. The first-order valence-corrected chi connectivity index (χ1v) is 8.23. The summed E-state index contributed by atoms with van der Waals surface area (Å²) in [6.45, 7) is 7.46. The van der Waals surface area contributed by atoms with Crippen molar-refractivity contribution in [1.29, 1.82) is 0 Å². The average Bonchev–Trinajstić information content (AvgIpc) is 2.59. The Morgan fingerprint density at radius 3 is 2.68 bits per heavy atom. The summed E-state index contributed by atoms with van der Waals surface area (Å²) in [6.07, 6.45) is 8.81. The maximum atomic E-state index is 9.38. The number of aliphatic hydroxyl groups excluding tert-OH is 1. The molecule has 0 spiro atoms. The summed E-state index contributed by atoms with van der Waals surface area (Å²) in [4.78, 5) is 2.41. The van der Waals surface area contributed by atoms with Gasteiger partial charge in [-0.2, -0.15) is 0 Å². The van der Waals surface area contributed by atoms with Crippen molar-refractivity contribution in [3.63, 3.8) is 0 Å². The Bertz CT molecular complexity index is 221. The minimum atomic E-state index is -0.175. The highest BCUT2D eigenvalue weighted by atomic mass is 16.3. The molecule has 1 saturated carbocycles. The molecule has 0 bridgehead atoms. The molecule has 0 saturated heterocycles. The van der Waals surface area contributed by atoms with Crippen LogP contribution in [0.1, 0.15) is 58.8 Å². The van der Waals surface area contributed by atoms with Crippen molar-refractivity contribution in [2.24, 2.45) is 5.92 Å². The average molecular weight is 270 g/mol. The van der Waals surface area contributed by atoms with E-state index >= 15 is 0 Å². The summed E-state index contributed by atoms with van der Waals surface area (Å²) < 4.78 is 0. The minimum absolute atomic E-state index is 0.175. The van der Waals surface area contributed by atoms with Crippen molar-refractivity contribution in [2.45, 2.75) is 70.9 Å². The fourth-order valence-electron chi connectivity index (χ4n) is 3.10. The van der Waals surface area contributed by atoms with E-state index in [-0.39, 0.29) is 6.10 Å². The number of hydrogen-bond donors (Lipinski definition) is 2. The van der Waals surface area contributed by atoms with Gasteiger partial charge < -0.3 is 15.3 Å². The van der Waals surface area contributed by atoms with Crippen LogP contribution in [0.3, 0.4) is 0 Å². The van der Waals surface area contributed by atoms with E-state index in [9.17, 15) is 5.11 Å². The lowest BCUT2D eigenvalue weighted by Crippen LogP contribution is -2.41. The largest absolute Gasteiger partial charge is 0.393 e. The Labute approximate surface area is 119 Å². The summed E-state index contributed by atoms with van der Waals surface area (Å²) in [5.74, 6) is 0.785. The molecule has 3 nitrogen and oxygen atoms in total. The Morgan fingerprint density at radius 1 is 1.26 bits per heavy atom. The van der Waals surface area contributed by atoms with Crippen LogP contribution < -0.4 is 5.32 Å². The standard InChI is InChI=1S/C16H34N2O/c1-4-11-17-16-9-7-5-6-8-15(16)13-18(3)12-10-14(2)19/h14-17,19H,4-13H2,1-3H3. The topological polar surface area (TPSA) is 35.5 Å². The van der Waals surface area contributed by atoms with Gasteiger partial charge in [-0.25, -0.2) is 0 Å². The molecular formula is C16H34N2O. The van der Waals surface area contributed by atoms with Gasteiger partial charge >= 0.3 is 0 Å². The SMILES string of the molecule is CCCNC1CCCCCC1CN(C)CCC(C)O. The summed E-state index contributed by atoms with van der Waals surface area (Å²) in [5, 5.41) is 13.1. The van der Waals surface area contributed by atoms with Crippen LogP contribution in [-0.4, -0.2) is 48.8 Å². The molecule has 0 aliphatic heterocycles. The van der Waals surface area contributed by atoms with Crippen molar-refractivity contribution in [1.82, 2.24) is 10.2 Å². The highest BCUT2D eigenvalue weighted by Crippen LogP contribution is 2.24. The van der Waals surface area contributed by atoms with Crippen LogP contribution in [-0.2, 0) is 0 Å². The van der Waals surface area contributed by atoms with E-state index in [0.29, 0.717) is 6.04 Å². The smallest absolute Gasteiger partial charge is 0.0524 e. The van der Waals surface area contributed by atoms with Crippen LogP contribution in [0.25, 0.3) is 0 Å². The van der Waals surface area contributed by atoms with E-state index in [1.165, 1.54) is 45.1 Å². The van der Waals surface area contributed by atoms with Gasteiger partial charge in [0.2, 0.25) is 0 Å². The fraction of sp³-hybridized carbons (Fsp3) is 1.00. The van der Waals surface area contributed by atoms with Crippen molar-refractivity contribution < 1.29 is 5.11 Å². The van der Waals surface area contributed by atoms with Gasteiger partial charge in [0, 0.05) is 19.1 Å². The second-order valence-electron chi connectivity index (χ2n) is 6.36. The summed E-state index contributed by atoms with van der Waals surface area (Å²) >= 11 is 0. The van der Waals surface area contributed by atoms with Gasteiger partial charge in [0.05, 0.1) is 6.10 Å². The van der Waals surface area contributed by atoms with Crippen LogP contribution in [0.4, 0.5) is 0 Å². The zero-order valence-electron chi connectivity index (χ0n) is 13.2. The predicted octanol–water partition coefficient (Wildman–Crippen LogP) is 2.64. The van der Waals surface area contributed by atoms with Crippen molar-refractivity contribution in [3.8, 4) is 0 Å². The van der Waals surface area contributed by atoms with Crippen molar-refractivity contribution in [2.75, 3.05) is 26.7 Å². The Balaban J connectivity index is 2.40. The van der Waals surface area contributed by atoms with E-state index < -0.39 is 0 Å². The van der Waals surface area contributed by atoms with Crippen LogP contribution in [0.2, 0.25) is 0 Å². The van der Waals surface area contributed by atoms with Crippen LogP contribution >= 0.6 is 0 Å². The van der Waals surface area contributed by atoms with E-state index in [4.69, 9.17) is 0 Å². The van der Waals surface area contributed by atoms with E-state index in [0.717, 1.165) is 25.4 Å². The molecule has 3 heteroatoms. The summed E-state index contributed by atoms with van der Waals surface area (Å²) in [7, 11) is 2.20. The number of nitrogens with one attached hydrogen (secondary N) is 1. The van der Waals surface area contributed by atoms with E-state index in [1.54, 1.807) is 0 Å². The zero-order valence-corrected chi connectivity index (χ0v) is 13.2. The highest BCUT2D eigenvalue weighted by Gasteiger charge is 2.24. The zero-order chi connectivity index (χ0) is 14.1. The van der Waals surface area contributed by atoms with Gasteiger partial charge in [-0.15, -0.1) is 0 Å². The van der Waals surface area contributed by atoms with Crippen LogP contribution in [0.5, 0.6) is 0 Å². The Kier molecular flexibility index (Phi) is 8.67. The third-order valence-electron chi connectivity index (χ3n) is 4.29. The van der Waals surface area contributed by atoms with E-state index in [1.807, 2.05) is 6.92 Å². The van der Waals surface area contributed by atoms with Gasteiger partial charge in [0.1, 0.15) is 0 Å². The molecule has 0 heterocycles. The molecule has 3 unspecified atom stereocenters. The van der Waals surface area contributed by atoms with Crippen LogP contribution in [0, 0.1) is 5.92 Å². The lowest BCUT2D eigenvalue weighted by Gasteiger charge is -2.30. The molecule has 1 fully saturated rings. The third kappa shape index (κ3) is 7.28. The van der Waals surface area contributed by atoms with Gasteiger partial charge in [-0.3, -0.25) is 0 Å². The maximum absolute atomic E-state index is 9.38. The second kappa shape index (κ2) is 9.73. The predicted molar refractivity (Wildman–Crippen MR) is 82.5 cm³/mol. The maximum Gasteiger partial charge on any atom is 0.0524 e. The number of rotatable bonds is 8. The summed E-state index contributed by atoms with van der Waals surface area (Å²) in [5.41, 5.74) is 0. The molecule has 0 aromatic rings. The lowest BCUT2D eigenvalue weighted by atomic mass is 9.94. The molecule has 0 amide bonds. The highest BCUT2D eigenvalue weighted by molar-refractivity contribution is 4.81. The van der Waals surface area contributed by atoms with Crippen molar-refractivity contribution in [3.05, 3.63) is 0 Å².